The van der Waals surface area contributed by atoms with Crippen LogP contribution in [0.5, 0.6) is 0 Å². The second kappa shape index (κ2) is 8.32. The maximum absolute atomic E-state index is 11.7. The molecule has 0 heterocycles. The SMILES string of the molecule is CC(CO)N(C)C(=O)C(=O)NCCCc1ccccc1. The third-order valence-electron chi connectivity index (χ3n) is 3.21. The zero-order valence-electron chi connectivity index (χ0n) is 12.0. The van der Waals surface area contributed by atoms with E-state index in [1.54, 1.807) is 6.92 Å². The van der Waals surface area contributed by atoms with E-state index in [9.17, 15) is 9.59 Å². The van der Waals surface area contributed by atoms with E-state index < -0.39 is 11.8 Å². The predicted molar refractivity (Wildman–Crippen MR) is 77.1 cm³/mol. The van der Waals surface area contributed by atoms with Crippen LogP contribution in [-0.4, -0.2) is 48.1 Å². The van der Waals surface area contributed by atoms with Crippen LogP contribution in [0, 0.1) is 0 Å². The Morgan fingerprint density at radius 3 is 2.55 bits per heavy atom. The topological polar surface area (TPSA) is 69.6 Å². The van der Waals surface area contributed by atoms with Crippen LogP contribution in [0.3, 0.4) is 0 Å². The summed E-state index contributed by atoms with van der Waals surface area (Å²) in [6.45, 7) is 1.98. The second-order valence-corrected chi connectivity index (χ2v) is 4.79. The maximum atomic E-state index is 11.7. The molecule has 0 radical (unpaired) electrons. The van der Waals surface area contributed by atoms with Crippen molar-refractivity contribution in [3.63, 3.8) is 0 Å². The van der Waals surface area contributed by atoms with Crippen molar-refractivity contribution in [3.8, 4) is 0 Å². The van der Waals surface area contributed by atoms with Gasteiger partial charge in [0.1, 0.15) is 0 Å². The normalized spacial score (nSPS) is 11.8. The summed E-state index contributed by atoms with van der Waals surface area (Å²) in [5, 5.41) is 11.6. The van der Waals surface area contributed by atoms with Gasteiger partial charge in [-0.3, -0.25) is 9.59 Å². The van der Waals surface area contributed by atoms with Crippen LogP contribution in [0.15, 0.2) is 30.3 Å². The minimum Gasteiger partial charge on any atom is -0.394 e. The Hall–Kier alpha value is -1.88. The van der Waals surface area contributed by atoms with Gasteiger partial charge in [-0.15, -0.1) is 0 Å². The van der Waals surface area contributed by atoms with Gasteiger partial charge in [0.05, 0.1) is 12.6 Å². The summed E-state index contributed by atoms with van der Waals surface area (Å²) in [5.41, 5.74) is 1.21. The summed E-state index contributed by atoms with van der Waals surface area (Å²) in [6, 6.07) is 9.61. The van der Waals surface area contributed by atoms with Gasteiger partial charge in [0.15, 0.2) is 0 Å². The Balaban J connectivity index is 2.28. The molecule has 0 bridgehead atoms. The number of carbonyl (C=O) groups is 2. The van der Waals surface area contributed by atoms with E-state index in [2.05, 4.69) is 5.32 Å². The number of nitrogens with one attached hydrogen (secondary N) is 1. The molecular weight excluding hydrogens is 256 g/mol. The summed E-state index contributed by atoms with van der Waals surface area (Å²) < 4.78 is 0. The quantitative estimate of drug-likeness (QED) is 0.590. The number of hydrogen-bond donors (Lipinski definition) is 2. The van der Waals surface area contributed by atoms with Gasteiger partial charge in [-0.05, 0) is 25.3 Å². The van der Waals surface area contributed by atoms with Crippen LogP contribution in [-0.2, 0) is 16.0 Å². The van der Waals surface area contributed by atoms with Gasteiger partial charge < -0.3 is 15.3 Å². The fourth-order valence-corrected chi connectivity index (χ4v) is 1.70. The van der Waals surface area contributed by atoms with Crippen molar-refractivity contribution in [2.24, 2.45) is 0 Å². The van der Waals surface area contributed by atoms with Gasteiger partial charge in [-0.1, -0.05) is 30.3 Å². The fourth-order valence-electron chi connectivity index (χ4n) is 1.70. The van der Waals surface area contributed by atoms with Crippen LogP contribution in [0.25, 0.3) is 0 Å². The number of rotatable bonds is 6. The Labute approximate surface area is 119 Å². The average molecular weight is 278 g/mol. The Morgan fingerprint density at radius 1 is 1.30 bits per heavy atom. The van der Waals surface area contributed by atoms with Crippen molar-refractivity contribution < 1.29 is 14.7 Å². The van der Waals surface area contributed by atoms with Gasteiger partial charge in [-0.2, -0.15) is 0 Å². The third-order valence-corrected chi connectivity index (χ3v) is 3.21. The molecule has 20 heavy (non-hydrogen) atoms. The van der Waals surface area contributed by atoms with E-state index in [4.69, 9.17) is 5.11 Å². The highest BCUT2D eigenvalue weighted by molar-refractivity contribution is 6.34. The largest absolute Gasteiger partial charge is 0.394 e. The summed E-state index contributed by atoms with van der Waals surface area (Å²) >= 11 is 0. The van der Waals surface area contributed by atoms with Crippen molar-refractivity contribution in [2.45, 2.75) is 25.8 Å². The highest BCUT2D eigenvalue weighted by Gasteiger charge is 2.21. The number of benzene rings is 1. The molecular formula is C15H22N2O3. The van der Waals surface area contributed by atoms with E-state index in [-0.39, 0.29) is 12.6 Å². The number of amides is 2. The number of carbonyl (C=O) groups excluding carboxylic acids is 2. The molecule has 1 rings (SSSR count). The van der Waals surface area contributed by atoms with E-state index >= 15 is 0 Å². The van der Waals surface area contributed by atoms with Crippen molar-refractivity contribution in [2.75, 3.05) is 20.2 Å². The average Bonchev–Trinajstić information content (AvgIpc) is 2.50. The van der Waals surface area contributed by atoms with Gasteiger partial charge in [0, 0.05) is 13.6 Å². The number of likely N-dealkylation sites (N-methyl/N-ethyl adjacent to an activating group) is 1. The Kier molecular flexibility index (Phi) is 6.73. The van der Waals surface area contributed by atoms with Gasteiger partial charge >= 0.3 is 11.8 Å². The van der Waals surface area contributed by atoms with Gasteiger partial charge in [-0.25, -0.2) is 0 Å². The summed E-state index contributed by atoms with van der Waals surface area (Å²) in [4.78, 5) is 24.6. The molecule has 0 spiro atoms. The van der Waals surface area contributed by atoms with Crippen LogP contribution in [0.2, 0.25) is 0 Å². The Morgan fingerprint density at radius 2 is 1.95 bits per heavy atom. The van der Waals surface area contributed by atoms with E-state index in [0.717, 1.165) is 12.8 Å². The van der Waals surface area contributed by atoms with Gasteiger partial charge in [0.25, 0.3) is 0 Å². The van der Waals surface area contributed by atoms with Crippen LogP contribution >= 0.6 is 0 Å². The van der Waals surface area contributed by atoms with Crippen molar-refractivity contribution in [1.29, 1.82) is 0 Å². The molecule has 1 unspecified atom stereocenters. The molecule has 110 valence electrons. The lowest BCUT2D eigenvalue weighted by molar-refractivity contribution is -0.146. The number of hydrogen-bond acceptors (Lipinski definition) is 3. The van der Waals surface area contributed by atoms with E-state index in [1.165, 1.54) is 17.5 Å². The smallest absolute Gasteiger partial charge is 0.311 e. The molecule has 0 saturated heterocycles. The molecule has 5 nitrogen and oxygen atoms in total. The first kappa shape index (κ1) is 16.2. The second-order valence-electron chi connectivity index (χ2n) is 4.79. The minimum atomic E-state index is -0.624. The number of aliphatic hydroxyl groups is 1. The molecule has 0 aliphatic heterocycles. The predicted octanol–water partition coefficient (Wildman–Crippen LogP) is 0.575. The van der Waals surface area contributed by atoms with E-state index in [1.807, 2.05) is 30.3 Å². The van der Waals surface area contributed by atoms with Crippen molar-refractivity contribution in [1.82, 2.24) is 10.2 Å². The Bertz CT molecular complexity index is 434. The van der Waals surface area contributed by atoms with Crippen molar-refractivity contribution in [3.05, 3.63) is 35.9 Å². The highest BCUT2D eigenvalue weighted by atomic mass is 16.3. The molecule has 0 aliphatic rings. The van der Waals surface area contributed by atoms with Crippen molar-refractivity contribution >= 4 is 11.8 Å². The first-order valence-corrected chi connectivity index (χ1v) is 6.76. The lowest BCUT2D eigenvalue weighted by Crippen LogP contribution is -2.46. The third kappa shape index (κ3) is 5.01. The number of aliphatic hydroxyl groups excluding tert-OH is 1. The maximum Gasteiger partial charge on any atom is 0.311 e. The lowest BCUT2D eigenvalue weighted by atomic mass is 10.1. The first-order chi connectivity index (χ1) is 9.56. The zero-order valence-corrected chi connectivity index (χ0v) is 12.0. The molecule has 0 saturated carbocycles. The molecule has 2 amide bonds. The number of aryl methyl sites for hydroxylation is 1. The first-order valence-electron chi connectivity index (χ1n) is 6.76. The highest BCUT2D eigenvalue weighted by Crippen LogP contribution is 2.01. The molecule has 1 atom stereocenters. The molecule has 2 N–H and O–H groups in total. The van der Waals surface area contributed by atoms with E-state index in [0.29, 0.717) is 6.54 Å². The molecule has 1 aromatic carbocycles. The number of nitrogens with zero attached hydrogens (tertiary/aromatic N) is 1. The monoisotopic (exact) mass is 278 g/mol. The molecule has 0 aromatic heterocycles. The molecule has 0 fully saturated rings. The molecule has 0 aliphatic carbocycles. The fraction of sp³-hybridized carbons (Fsp3) is 0.467. The summed E-state index contributed by atoms with van der Waals surface area (Å²) in [5.74, 6) is -1.24. The standard InChI is InChI=1S/C15H22N2O3/c1-12(11-18)17(2)15(20)14(19)16-10-6-9-13-7-4-3-5-8-13/h3-5,7-8,12,18H,6,9-11H2,1-2H3,(H,16,19). The van der Waals surface area contributed by atoms with Crippen LogP contribution < -0.4 is 5.32 Å². The molecule has 5 heteroatoms. The summed E-state index contributed by atoms with van der Waals surface area (Å²) in [6.07, 6.45) is 1.64. The van der Waals surface area contributed by atoms with Crippen LogP contribution in [0.4, 0.5) is 0 Å². The van der Waals surface area contributed by atoms with Crippen LogP contribution in [0.1, 0.15) is 18.9 Å². The van der Waals surface area contributed by atoms with Gasteiger partial charge in [0.2, 0.25) is 0 Å². The lowest BCUT2D eigenvalue weighted by Gasteiger charge is -2.22. The minimum absolute atomic E-state index is 0.163. The molecule has 1 aromatic rings. The zero-order chi connectivity index (χ0) is 15.0. The summed E-state index contributed by atoms with van der Waals surface area (Å²) in [7, 11) is 1.51.